The lowest BCUT2D eigenvalue weighted by Gasteiger charge is -2.23. The fraction of sp³-hybridized carbons (Fsp3) is 0.750. The Morgan fingerprint density at radius 2 is 1.89 bits per heavy atom. The van der Waals surface area contributed by atoms with E-state index < -0.39 is 0 Å². The third kappa shape index (κ3) is 7.09. The molecule has 0 spiro atoms. The summed E-state index contributed by atoms with van der Waals surface area (Å²) in [6, 6.07) is 5.57. The average Bonchev–Trinajstić information content (AvgIpc) is 2.89. The molecule has 0 aromatic carbocycles. The minimum absolute atomic E-state index is 0.558. The number of nitrogens with zero attached hydrogens (tertiary/aromatic N) is 1. The highest BCUT2D eigenvalue weighted by atomic mass is 32.1. The highest BCUT2D eigenvalue weighted by Gasteiger charge is 2.11. The van der Waals surface area contributed by atoms with Crippen LogP contribution >= 0.6 is 11.3 Å². The normalized spacial score (nSPS) is 13.4. The largest absolute Gasteiger partial charge is 0.315 e. The Morgan fingerprint density at radius 1 is 1.16 bits per heavy atom. The molecule has 0 aliphatic heterocycles. The molecule has 3 heteroatoms. The number of hydrogen-bond acceptors (Lipinski definition) is 3. The molecule has 110 valence electrons. The fourth-order valence-electron chi connectivity index (χ4n) is 2.17. The number of hydrogen-bond donors (Lipinski definition) is 1. The van der Waals surface area contributed by atoms with Crippen LogP contribution in [0.4, 0.5) is 0 Å². The number of unbranched alkanes of at least 4 members (excludes halogenated alkanes) is 3. The summed E-state index contributed by atoms with van der Waals surface area (Å²) in [6.07, 6.45) is 5.32. The Hall–Kier alpha value is -0.380. The van der Waals surface area contributed by atoms with E-state index in [-0.39, 0.29) is 0 Å². The van der Waals surface area contributed by atoms with Crippen molar-refractivity contribution in [3.63, 3.8) is 0 Å². The number of nitrogens with one attached hydrogen (secondary N) is 1. The van der Waals surface area contributed by atoms with Gasteiger partial charge < -0.3 is 5.32 Å². The van der Waals surface area contributed by atoms with Gasteiger partial charge >= 0.3 is 0 Å². The van der Waals surface area contributed by atoms with E-state index in [1.165, 1.54) is 43.6 Å². The predicted molar refractivity (Wildman–Crippen MR) is 87.0 cm³/mol. The summed E-state index contributed by atoms with van der Waals surface area (Å²) in [6.45, 7) is 9.09. The molecule has 0 amide bonds. The van der Waals surface area contributed by atoms with Crippen molar-refractivity contribution in [1.29, 1.82) is 0 Å². The second kappa shape index (κ2) is 9.51. The first kappa shape index (κ1) is 16.7. The first-order valence-corrected chi connectivity index (χ1v) is 8.46. The quantitative estimate of drug-likeness (QED) is 0.644. The molecule has 1 atom stereocenters. The second-order valence-corrected chi connectivity index (χ2v) is 6.67. The molecule has 1 rings (SSSR count). The van der Waals surface area contributed by atoms with E-state index in [1.54, 1.807) is 0 Å². The van der Waals surface area contributed by atoms with Crippen molar-refractivity contribution in [2.75, 3.05) is 20.1 Å². The van der Waals surface area contributed by atoms with Gasteiger partial charge in [0.05, 0.1) is 0 Å². The number of rotatable bonds is 10. The van der Waals surface area contributed by atoms with E-state index in [9.17, 15) is 0 Å². The van der Waals surface area contributed by atoms with Gasteiger partial charge in [0.25, 0.3) is 0 Å². The lowest BCUT2D eigenvalue weighted by atomic mass is 10.1. The van der Waals surface area contributed by atoms with Crippen molar-refractivity contribution < 1.29 is 0 Å². The molecule has 0 fully saturated rings. The van der Waals surface area contributed by atoms with Gasteiger partial charge in [-0.05, 0) is 51.3 Å². The van der Waals surface area contributed by atoms with E-state index in [0.29, 0.717) is 12.1 Å². The molecule has 0 saturated heterocycles. The van der Waals surface area contributed by atoms with E-state index in [0.717, 1.165) is 0 Å². The first-order valence-electron chi connectivity index (χ1n) is 7.58. The summed E-state index contributed by atoms with van der Waals surface area (Å²) >= 11 is 1.86. The topological polar surface area (TPSA) is 15.3 Å². The molecule has 0 aliphatic rings. The van der Waals surface area contributed by atoms with Gasteiger partial charge in [-0.15, -0.1) is 11.3 Å². The van der Waals surface area contributed by atoms with Crippen molar-refractivity contribution in [2.24, 2.45) is 0 Å². The SMILES string of the molecule is CC(C)NCCCCCCN(C)C(C)c1cccs1. The highest BCUT2D eigenvalue weighted by Crippen LogP contribution is 2.23. The Bertz CT molecular complexity index is 309. The van der Waals surface area contributed by atoms with E-state index >= 15 is 0 Å². The van der Waals surface area contributed by atoms with Gasteiger partial charge in [-0.3, -0.25) is 4.90 Å². The van der Waals surface area contributed by atoms with Crippen LogP contribution in [0.2, 0.25) is 0 Å². The smallest absolute Gasteiger partial charge is 0.0410 e. The summed E-state index contributed by atoms with van der Waals surface area (Å²) in [4.78, 5) is 3.95. The zero-order valence-electron chi connectivity index (χ0n) is 13.0. The average molecular weight is 282 g/mol. The molecule has 19 heavy (non-hydrogen) atoms. The third-order valence-electron chi connectivity index (χ3n) is 3.61. The van der Waals surface area contributed by atoms with Gasteiger partial charge in [-0.1, -0.05) is 32.8 Å². The Morgan fingerprint density at radius 3 is 2.53 bits per heavy atom. The monoisotopic (exact) mass is 282 g/mol. The lowest BCUT2D eigenvalue weighted by molar-refractivity contribution is 0.258. The molecular weight excluding hydrogens is 252 g/mol. The Labute approximate surface area is 123 Å². The van der Waals surface area contributed by atoms with Crippen LogP contribution in [0.25, 0.3) is 0 Å². The molecule has 1 heterocycles. The molecule has 1 N–H and O–H groups in total. The molecule has 1 aromatic heterocycles. The maximum atomic E-state index is 3.47. The summed E-state index contributed by atoms with van der Waals surface area (Å²) in [5.74, 6) is 0. The van der Waals surface area contributed by atoms with Gasteiger partial charge in [0.1, 0.15) is 0 Å². The van der Waals surface area contributed by atoms with E-state index in [1.807, 2.05) is 11.3 Å². The van der Waals surface area contributed by atoms with Gasteiger partial charge in [0.15, 0.2) is 0 Å². The molecule has 0 aliphatic carbocycles. The zero-order valence-corrected chi connectivity index (χ0v) is 13.8. The molecule has 1 aromatic rings. The number of thiophene rings is 1. The molecule has 0 saturated carbocycles. The first-order chi connectivity index (χ1) is 9.11. The molecular formula is C16H30N2S. The molecule has 0 bridgehead atoms. The van der Waals surface area contributed by atoms with Gasteiger partial charge in [-0.25, -0.2) is 0 Å². The van der Waals surface area contributed by atoms with Crippen molar-refractivity contribution in [2.45, 2.75) is 58.5 Å². The summed E-state index contributed by atoms with van der Waals surface area (Å²) in [5.41, 5.74) is 0. The Kier molecular flexibility index (Phi) is 8.35. The molecule has 2 nitrogen and oxygen atoms in total. The van der Waals surface area contributed by atoms with E-state index in [2.05, 4.69) is 55.5 Å². The zero-order chi connectivity index (χ0) is 14.1. The van der Waals surface area contributed by atoms with Crippen LogP contribution < -0.4 is 5.32 Å². The minimum Gasteiger partial charge on any atom is -0.315 e. The van der Waals surface area contributed by atoms with Crippen LogP contribution in [-0.2, 0) is 0 Å². The molecule has 0 radical (unpaired) electrons. The van der Waals surface area contributed by atoms with Crippen LogP contribution in [0.15, 0.2) is 17.5 Å². The summed E-state index contributed by atoms with van der Waals surface area (Å²) in [5, 5.41) is 5.64. The third-order valence-corrected chi connectivity index (χ3v) is 4.65. The van der Waals surface area contributed by atoms with Crippen LogP contribution in [0.5, 0.6) is 0 Å². The van der Waals surface area contributed by atoms with Crippen LogP contribution in [0.1, 0.15) is 57.4 Å². The summed E-state index contributed by atoms with van der Waals surface area (Å²) < 4.78 is 0. The van der Waals surface area contributed by atoms with Crippen LogP contribution in [0.3, 0.4) is 0 Å². The lowest BCUT2D eigenvalue weighted by Crippen LogP contribution is -2.24. The maximum Gasteiger partial charge on any atom is 0.0410 e. The Balaban J connectivity index is 2.03. The summed E-state index contributed by atoms with van der Waals surface area (Å²) in [7, 11) is 2.24. The fourth-order valence-corrected chi connectivity index (χ4v) is 3.02. The van der Waals surface area contributed by atoms with Crippen molar-refractivity contribution >= 4 is 11.3 Å². The van der Waals surface area contributed by atoms with Gasteiger partial charge in [-0.2, -0.15) is 0 Å². The standard InChI is InChI=1S/C16H30N2S/c1-14(2)17-11-7-5-6-8-12-18(4)15(3)16-10-9-13-19-16/h9-10,13-15,17H,5-8,11-12H2,1-4H3. The molecule has 1 unspecified atom stereocenters. The second-order valence-electron chi connectivity index (χ2n) is 5.70. The van der Waals surface area contributed by atoms with E-state index in [4.69, 9.17) is 0 Å². The van der Waals surface area contributed by atoms with Crippen molar-refractivity contribution in [3.8, 4) is 0 Å². The van der Waals surface area contributed by atoms with Crippen LogP contribution in [-0.4, -0.2) is 31.1 Å². The van der Waals surface area contributed by atoms with Gasteiger partial charge in [0, 0.05) is 17.0 Å². The van der Waals surface area contributed by atoms with Crippen molar-refractivity contribution in [3.05, 3.63) is 22.4 Å². The maximum absolute atomic E-state index is 3.47. The highest BCUT2D eigenvalue weighted by molar-refractivity contribution is 7.10. The van der Waals surface area contributed by atoms with Crippen molar-refractivity contribution in [1.82, 2.24) is 10.2 Å². The van der Waals surface area contributed by atoms with Gasteiger partial charge in [0.2, 0.25) is 0 Å². The predicted octanol–water partition coefficient (Wildman–Crippen LogP) is 4.30. The minimum atomic E-state index is 0.558. The van der Waals surface area contributed by atoms with Crippen LogP contribution in [0, 0.1) is 0 Å².